The second-order valence-electron chi connectivity index (χ2n) is 5.44. The molecule has 0 aromatic rings. The summed E-state index contributed by atoms with van der Waals surface area (Å²) in [6.45, 7) is 9.32. The summed E-state index contributed by atoms with van der Waals surface area (Å²) in [7, 11) is 0.846. The highest BCUT2D eigenvalue weighted by Crippen LogP contribution is 2.23. The molecule has 0 aliphatic heterocycles. The number of hydrogen-bond acceptors (Lipinski definition) is 1. The van der Waals surface area contributed by atoms with Gasteiger partial charge in [-0.1, -0.05) is 52.9 Å². The first-order valence-corrected chi connectivity index (χ1v) is 8.68. The first-order chi connectivity index (χ1) is 8.04. The molecule has 17 heavy (non-hydrogen) atoms. The zero-order valence-corrected chi connectivity index (χ0v) is 13.1. The van der Waals surface area contributed by atoms with Crippen LogP contribution in [-0.4, -0.2) is 25.3 Å². The molecule has 3 heteroatoms. The molecular weight excluding hydrogens is 229 g/mol. The molecule has 1 amide bonds. The van der Waals surface area contributed by atoms with Crippen molar-refractivity contribution in [2.24, 2.45) is 5.41 Å². The second-order valence-corrected chi connectivity index (χ2v) is 6.50. The van der Waals surface area contributed by atoms with Crippen molar-refractivity contribution in [2.45, 2.75) is 59.3 Å². The molecular formula is C14H30NOP. The third-order valence-electron chi connectivity index (χ3n) is 3.05. The second kappa shape index (κ2) is 9.88. The molecule has 0 fully saturated rings. The quantitative estimate of drug-likeness (QED) is 0.469. The van der Waals surface area contributed by atoms with Gasteiger partial charge in [0, 0.05) is 12.0 Å². The maximum absolute atomic E-state index is 11.9. The third kappa shape index (κ3) is 8.60. The van der Waals surface area contributed by atoms with Gasteiger partial charge in [-0.2, -0.15) is 0 Å². The van der Waals surface area contributed by atoms with Gasteiger partial charge in [0.25, 0.3) is 0 Å². The summed E-state index contributed by atoms with van der Waals surface area (Å²) in [5, 5.41) is 3.06. The minimum atomic E-state index is -0.185. The van der Waals surface area contributed by atoms with Crippen LogP contribution in [0.4, 0.5) is 0 Å². The van der Waals surface area contributed by atoms with E-state index in [1.165, 1.54) is 32.1 Å². The summed E-state index contributed by atoms with van der Waals surface area (Å²) in [6, 6.07) is 0. The van der Waals surface area contributed by atoms with Crippen molar-refractivity contribution in [1.82, 2.24) is 5.32 Å². The lowest BCUT2D eigenvalue weighted by atomic mass is 9.95. The maximum Gasteiger partial charge on any atom is 0.226 e. The molecule has 0 aromatic heterocycles. The number of carbonyl (C=O) groups excluding carboxylic acids is 1. The Balaban J connectivity index is 3.51. The topological polar surface area (TPSA) is 29.1 Å². The minimum Gasteiger partial charge on any atom is -0.356 e. The standard InChI is InChI=1S/C14H30NOP/c1-5-6-7-8-9-10-11-15-13(16)14(2,3)12-17-4/h17H,5-12H2,1-4H3,(H,15,16). The number of hydrogen-bond donors (Lipinski definition) is 1. The van der Waals surface area contributed by atoms with Gasteiger partial charge < -0.3 is 5.32 Å². The van der Waals surface area contributed by atoms with E-state index in [1.807, 2.05) is 13.8 Å². The zero-order chi connectivity index (χ0) is 13.1. The molecule has 0 saturated heterocycles. The number of unbranched alkanes of at least 4 members (excludes halogenated alkanes) is 5. The fourth-order valence-corrected chi connectivity index (χ4v) is 2.91. The van der Waals surface area contributed by atoms with Crippen molar-refractivity contribution in [3.8, 4) is 0 Å². The van der Waals surface area contributed by atoms with E-state index in [0.717, 1.165) is 27.7 Å². The van der Waals surface area contributed by atoms with Crippen molar-refractivity contribution in [3.05, 3.63) is 0 Å². The molecule has 102 valence electrons. The first-order valence-electron chi connectivity index (χ1n) is 6.97. The smallest absolute Gasteiger partial charge is 0.226 e. The Morgan fingerprint density at radius 3 is 2.29 bits per heavy atom. The van der Waals surface area contributed by atoms with E-state index >= 15 is 0 Å². The largest absolute Gasteiger partial charge is 0.356 e. The normalized spacial score (nSPS) is 12.2. The Kier molecular flexibility index (Phi) is 9.82. The van der Waals surface area contributed by atoms with Crippen LogP contribution in [0.25, 0.3) is 0 Å². The molecule has 1 unspecified atom stereocenters. The van der Waals surface area contributed by atoms with Crippen LogP contribution in [0.5, 0.6) is 0 Å². The van der Waals surface area contributed by atoms with Gasteiger partial charge in [0.1, 0.15) is 0 Å². The lowest BCUT2D eigenvalue weighted by molar-refractivity contribution is -0.128. The van der Waals surface area contributed by atoms with E-state index in [4.69, 9.17) is 0 Å². The molecule has 0 saturated carbocycles. The summed E-state index contributed by atoms with van der Waals surface area (Å²) >= 11 is 0. The van der Waals surface area contributed by atoms with Crippen molar-refractivity contribution in [3.63, 3.8) is 0 Å². The molecule has 0 aromatic carbocycles. The van der Waals surface area contributed by atoms with Gasteiger partial charge in [0.2, 0.25) is 5.91 Å². The Morgan fingerprint density at radius 1 is 1.12 bits per heavy atom. The van der Waals surface area contributed by atoms with E-state index in [1.54, 1.807) is 0 Å². The van der Waals surface area contributed by atoms with E-state index in [9.17, 15) is 4.79 Å². The van der Waals surface area contributed by atoms with Crippen LogP contribution in [0.1, 0.15) is 59.3 Å². The fourth-order valence-electron chi connectivity index (χ4n) is 1.87. The molecule has 0 aliphatic rings. The highest BCUT2D eigenvalue weighted by molar-refractivity contribution is 7.37. The van der Waals surface area contributed by atoms with Crippen LogP contribution in [0.2, 0.25) is 0 Å². The Hall–Kier alpha value is -0.100. The van der Waals surface area contributed by atoms with E-state index in [-0.39, 0.29) is 11.3 Å². The van der Waals surface area contributed by atoms with Crippen LogP contribution < -0.4 is 5.32 Å². The summed E-state index contributed by atoms with van der Waals surface area (Å²) in [6.07, 6.45) is 8.65. The van der Waals surface area contributed by atoms with Gasteiger partial charge in [-0.15, -0.1) is 8.58 Å². The highest BCUT2D eigenvalue weighted by atomic mass is 31.1. The predicted octanol–water partition coefficient (Wildman–Crippen LogP) is 3.80. The van der Waals surface area contributed by atoms with E-state index < -0.39 is 0 Å². The Morgan fingerprint density at radius 2 is 1.71 bits per heavy atom. The molecule has 0 rings (SSSR count). The SMILES string of the molecule is CCCCCCCCNC(=O)C(C)(C)CPC. The average Bonchev–Trinajstić information content (AvgIpc) is 2.27. The van der Waals surface area contributed by atoms with Crippen LogP contribution >= 0.6 is 8.58 Å². The van der Waals surface area contributed by atoms with Crippen LogP contribution in [0, 0.1) is 5.41 Å². The molecule has 1 atom stereocenters. The Bertz CT molecular complexity index is 204. The van der Waals surface area contributed by atoms with E-state index in [2.05, 4.69) is 18.9 Å². The first kappa shape index (κ1) is 16.9. The van der Waals surface area contributed by atoms with Crippen molar-refractivity contribution in [2.75, 3.05) is 19.4 Å². The van der Waals surface area contributed by atoms with Crippen molar-refractivity contribution in [1.29, 1.82) is 0 Å². The van der Waals surface area contributed by atoms with Gasteiger partial charge in [0.15, 0.2) is 0 Å². The van der Waals surface area contributed by atoms with Gasteiger partial charge in [-0.25, -0.2) is 0 Å². The van der Waals surface area contributed by atoms with Crippen molar-refractivity contribution >= 4 is 14.5 Å². The molecule has 0 spiro atoms. The number of rotatable bonds is 10. The van der Waals surface area contributed by atoms with Crippen LogP contribution in [-0.2, 0) is 4.79 Å². The van der Waals surface area contributed by atoms with Gasteiger partial charge in [0.05, 0.1) is 0 Å². The summed E-state index contributed by atoms with van der Waals surface area (Å²) in [4.78, 5) is 11.9. The highest BCUT2D eigenvalue weighted by Gasteiger charge is 2.25. The summed E-state index contributed by atoms with van der Waals surface area (Å²) in [5.74, 6) is 0.223. The average molecular weight is 259 g/mol. The Labute approximate surface area is 109 Å². The van der Waals surface area contributed by atoms with Gasteiger partial charge in [-0.05, 0) is 19.2 Å². The maximum atomic E-state index is 11.9. The number of nitrogens with one attached hydrogen (secondary N) is 1. The van der Waals surface area contributed by atoms with Gasteiger partial charge >= 0.3 is 0 Å². The van der Waals surface area contributed by atoms with Gasteiger partial charge in [-0.3, -0.25) is 4.79 Å². The lowest BCUT2D eigenvalue weighted by Crippen LogP contribution is -2.38. The molecule has 1 N–H and O–H groups in total. The monoisotopic (exact) mass is 259 g/mol. The van der Waals surface area contributed by atoms with Crippen LogP contribution in [0.3, 0.4) is 0 Å². The van der Waals surface area contributed by atoms with Crippen LogP contribution in [0.15, 0.2) is 0 Å². The molecule has 0 aliphatic carbocycles. The minimum absolute atomic E-state index is 0.185. The number of carbonyl (C=O) groups is 1. The summed E-state index contributed by atoms with van der Waals surface area (Å²) in [5.41, 5.74) is -0.185. The summed E-state index contributed by atoms with van der Waals surface area (Å²) < 4.78 is 0. The molecule has 2 nitrogen and oxygen atoms in total. The number of amides is 1. The fraction of sp³-hybridized carbons (Fsp3) is 0.929. The van der Waals surface area contributed by atoms with E-state index in [0.29, 0.717) is 0 Å². The molecule has 0 radical (unpaired) electrons. The van der Waals surface area contributed by atoms with Crippen molar-refractivity contribution < 1.29 is 4.79 Å². The third-order valence-corrected chi connectivity index (χ3v) is 4.29. The predicted molar refractivity (Wildman–Crippen MR) is 79.3 cm³/mol. The lowest BCUT2D eigenvalue weighted by Gasteiger charge is -2.22. The molecule has 0 bridgehead atoms. The molecule has 0 heterocycles. The zero-order valence-electron chi connectivity index (χ0n) is 12.1.